The van der Waals surface area contributed by atoms with Crippen LogP contribution in [0.4, 0.5) is 0 Å². The summed E-state index contributed by atoms with van der Waals surface area (Å²) in [7, 11) is 0. The molecular weight excluding hydrogens is 224 g/mol. The van der Waals surface area contributed by atoms with Crippen LogP contribution in [0.15, 0.2) is 42.9 Å². The molecule has 1 aromatic carbocycles. The van der Waals surface area contributed by atoms with Gasteiger partial charge in [-0.2, -0.15) is 0 Å². The molecule has 3 rings (SSSR count). The highest BCUT2D eigenvalue weighted by atomic mass is 15.1. The molecule has 2 N–H and O–H groups in total. The molecule has 0 saturated heterocycles. The smallest absolute Gasteiger partial charge is 0.164 e. The minimum atomic E-state index is 0.558. The van der Waals surface area contributed by atoms with Crippen molar-refractivity contribution in [2.75, 3.05) is 0 Å². The van der Waals surface area contributed by atoms with E-state index in [9.17, 15) is 0 Å². The van der Waals surface area contributed by atoms with Crippen molar-refractivity contribution in [1.29, 1.82) is 0 Å². The van der Waals surface area contributed by atoms with E-state index < -0.39 is 0 Å². The van der Waals surface area contributed by atoms with Crippen LogP contribution >= 0.6 is 0 Å². The zero-order valence-corrected chi connectivity index (χ0v) is 10.2. The van der Waals surface area contributed by atoms with Crippen LogP contribution in [0.25, 0.3) is 16.9 Å². The normalized spacial score (nSPS) is 11.0. The summed E-state index contributed by atoms with van der Waals surface area (Å²) in [6.07, 6.45) is 3.62. The molecule has 0 radical (unpaired) electrons. The molecule has 2 heterocycles. The minimum Gasteiger partial charge on any atom is -0.326 e. The molecule has 3 aromatic rings. The molecule has 0 aliphatic heterocycles. The Labute approximate surface area is 105 Å². The number of hydrogen-bond donors (Lipinski definition) is 1. The van der Waals surface area contributed by atoms with Gasteiger partial charge in [-0.15, -0.1) is 0 Å². The van der Waals surface area contributed by atoms with Gasteiger partial charge in [0.1, 0.15) is 11.8 Å². The Bertz CT molecular complexity index is 683. The first-order valence-electron chi connectivity index (χ1n) is 5.87. The molecular formula is C14H14N4. The van der Waals surface area contributed by atoms with Gasteiger partial charge in [-0.05, 0) is 36.2 Å². The van der Waals surface area contributed by atoms with Crippen LogP contribution in [0.2, 0.25) is 0 Å². The van der Waals surface area contributed by atoms with E-state index in [-0.39, 0.29) is 0 Å². The van der Waals surface area contributed by atoms with E-state index in [4.69, 9.17) is 5.73 Å². The summed E-state index contributed by atoms with van der Waals surface area (Å²) in [5, 5.41) is 0. The van der Waals surface area contributed by atoms with Gasteiger partial charge in [-0.1, -0.05) is 12.1 Å². The number of imidazole rings is 1. The lowest BCUT2D eigenvalue weighted by molar-refractivity contribution is 1.04. The van der Waals surface area contributed by atoms with Crippen molar-refractivity contribution in [3.63, 3.8) is 0 Å². The number of rotatable bonds is 2. The van der Waals surface area contributed by atoms with Crippen LogP contribution in [0, 0.1) is 6.92 Å². The van der Waals surface area contributed by atoms with E-state index in [2.05, 4.69) is 9.97 Å². The highest BCUT2D eigenvalue weighted by Crippen LogP contribution is 2.18. The number of hydrogen-bond acceptors (Lipinski definition) is 3. The van der Waals surface area contributed by atoms with Gasteiger partial charge >= 0.3 is 0 Å². The first-order chi connectivity index (χ1) is 8.79. The Morgan fingerprint density at radius 2 is 1.89 bits per heavy atom. The van der Waals surface area contributed by atoms with Gasteiger partial charge in [-0.3, -0.25) is 4.57 Å². The van der Waals surface area contributed by atoms with Gasteiger partial charge in [0.25, 0.3) is 0 Å². The Hall–Kier alpha value is -2.20. The molecule has 18 heavy (non-hydrogen) atoms. The summed E-state index contributed by atoms with van der Waals surface area (Å²) in [6, 6.07) is 10.1. The number of aromatic nitrogens is 3. The first-order valence-corrected chi connectivity index (χ1v) is 5.87. The number of nitrogens with two attached hydrogens (primary N) is 1. The summed E-state index contributed by atoms with van der Waals surface area (Å²) in [6.45, 7) is 2.60. The van der Waals surface area contributed by atoms with Gasteiger partial charge in [0.15, 0.2) is 5.65 Å². The SMILES string of the molecule is Cc1ccnc2c1ncn2-c1ccc(CN)cc1. The van der Waals surface area contributed by atoms with Crippen molar-refractivity contribution in [2.45, 2.75) is 13.5 Å². The second kappa shape index (κ2) is 4.23. The zero-order valence-electron chi connectivity index (χ0n) is 10.2. The van der Waals surface area contributed by atoms with Gasteiger partial charge in [0.05, 0.1) is 0 Å². The number of pyridine rings is 1. The maximum absolute atomic E-state index is 5.60. The lowest BCUT2D eigenvalue weighted by Crippen LogP contribution is -1.98. The Kier molecular flexibility index (Phi) is 2.57. The number of aryl methyl sites for hydroxylation is 1. The summed E-state index contributed by atoms with van der Waals surface area (Å²) in [5.74, 6) is 0. The van der Waals surface area contributed by atoms with E-state index in [0.717, 1.165) is 28.0 Å². The number of nitrogens with zero attached hydrogens (tertiary/aromatic N) is 3. The van der Waals surface area contributed by atoms with Crippen molar-refractivity contribution in [2.24, 2.45) is 5.73 Å². The Balaban J connectivity index is 2.16. The average Bonchev–Trinajstić information content (AvgIpc) is 2.84. The Morgan fingerprint density at radius 1 is 1.11 bits per heavy atom. The van der Waals surface area contributed by atoms with Crippen LogP contribution in [0.1, 0.15) is 11.1 Å². The van der Waals surface area contributed by atoms with Crippen LogP contribution < -0.4 is 5.73 Å². The number of benzene rings is 1. The summed E-state index contributed by atoms with van der Waals surface area (Å²) < 4.78 is 1.99. The minimum absolute atomic E-state index is 0.558. The molecule has 90 valence electrons. The second-order valence-corrected chi connectivity index (χ2v) is 4.29. The van der Waals surface area contributed by atoms with Gasteiger partial charge in [-0.25, -0.2) is 9.97 Å². The standard InChI is InChI=1S/C14H14N4/c1-10-6-7-16-14-13(10)17-9-18(14)12-4-2-11(8-15)3-5-12/h2-7,9H,8,15H2,1H3. The quantitative estimate of drug-likeness (QED) is 0.744. The van der Waals surface area contributed by atoms with E-state index in [0.29, 0.717) is 6.54 Å². The maximum atomic E-state index is 5.60. The fraction of sp³-hybridized carbons (Fsp3) is 0.143. The molecule has 0 amide bonds. The molecule has 4 heteroatoms. The molecule has 0 fully saturated rings. The van der Waals surface area contributed by atoms with Crippen molar-refractivity contribution < 1.29 is 0 Å². The van der Waals surface area contributed by atoms with E-state index in [1.165, 1.54) is 0 Å². The molecule has 0 aliphatic carbocycles. The van der Waals surface area contributed by atoms with E-state index >= 15 is 0 Å². The largest absolute Gasteiger partial charge is 0.326 e. The predicted octanol–water partition coefficient (Wildman–Crippen LogP) is 2.19. The highest BCUT2D eigenvalue weighted by molar-refractivity contribution is 5.76. The summed E-state index contributed by atoms with van der Waals surface area (Å²) in [4.78, 5) is 8.81. The fourth-order valence-electron chi connectivity index (χ4n) is 2.02. The molecule has 0 unspecified atom stereocenters. The predicted molar refractivity (Wildman–Crippen MR) is 71.5 cm³/mol. The lowest BCUT2D eigenvalue weighted by atomic mass is 10.2. The van der Waals surface area contributed by atoms with Crippen molar-refractivity contribution in [3.8, 4) is 5.69 Å². The molecule has 0 spiro atoms. The third-order valence-corrected chi connectivity index (χ3v) is 3.09. The maximum Gasteiger partial charge on any atom is 0.164 e. The van der Waals surface area contributed by atoms with Crippen molar-refractivity contribution in [1.82, 2.24) is 14.5 Å². The number of fused-ring (bicyclic) bond motifs is 1. The van der Waals surface area contributed by atoms with Gasteiger partial charge in [0.2, 0.25) is 0 Å². The van der Waals surface area contributed by atoms with Crippen molar-refractivity contribution in [3.05, 3.63) is 54.0 Å². The second-order valence-electron chi connectivity index (χ2n) is 4.29. The fourth-order valence-corrected chi connectivity index (χ4v) is 2.02. The van der Waals surface area contributed by atoms with E-state index in [1.54, 1.807) is 0 Å². The van der Waals surface area contributed by atoms with Crippen LogP contribution in [-0.4, -0.2) is 14.5 Å². The molecule has 0 saturated carbocycles. The third-order valence-electron chi connectivity index (χ3n) is 3.09. The molecule has 0 atom stereocenters. The van der Waals surface area contributed by atoms with Crippen molar-refractivity contribution >= 4 is 11.2 Å². The van der Waals surface area contributed by atoms with E-state index in [1.807, 2.05) is 54.3 Å². The Morgan fingerprint density at radius 3 is 2.61 bits per heavy atom. The van der Waals surface area contributed by atoms with Gasteiger partial charge in [0, 0.05) is 18.4 Å². The molecule has 0 aliphatic rings. The van der Waals surface area contributed by atoms with Crippen LogP contribution in [0.5, 0.6) is 0 Å². The highest BCUT2D eigenvalue weighted by Gasteiger charge is 2.07. The summed E-state index contributed by atoms with van der Waals surface area (Å²) >= 11 is 0. The first kappa shape index (κ1) is 10.9. The van der Waals surface area contributed by atoms with Gasteiger partial charge < -0.3 is 5.73 Å². The van der Waals surface area contributed by atoms with Crippen LogP contribution in [0.3, 0.4) is 0 Å². The topological polar surface area (TPSA) is 56.7 Å². The molecule has 0 bridgehead atoms. The lowest BCUT2D eigenvalue weighted by Gasteiger charge is -2.04. The molecule has 2 aromatic heterocycles. The summed E-state index contributed by atoms with van der Waals surface area (Å²) in [5.41, 5.74) is 10.7. The monoisotopic (exact) mass is 238 g/mol. The third kappa shape index (κ3) is 1.67. The zero-order chi connectivity index (χ0) is 12.5. The molecule has 4 nitrogen and oxygen atoms in total. The average molecular weight is 238 g/mol. The van der Waals surface area contributed by atoms with Crippen LogP contribution in [-0.2, 0) is 6.54 Å².